The van der Waals surface area contributed by atoms with E-state index in [1.165, 1.54) is 4.90 Å². The van der Waals surface area contributed by atoms with Crippen LogP contribution in [0.15, 0.2) is 46.7 Å². The van der Waals surface area contributed by atoms with Gasteiger partial charge in [0, 0.05) is 10.5 Å². The maximum absolute atomic E-state index is 3.21. The van der Waals surface area contributed by atoms with Gasteiger partial charge in [0.2, 0.25) is 0 Å². The number of hydrogen-bond donors (Lipinski definition) is 0. The Kier molecular flexibility index (Phi) is 3.49. The standard InChI is InChI=1S/C13H10S2/c1-14-13-7-3-2-5-11(13)8-9-12-6-4-10-15-12/h2-7,10H,1H3. The molecule has 2 aromatic rings. The van der Waals surface area contributed by atoms with Crippen molar-refractivity contribution in [2.24, 2.45) is 0 Å². The fraction of sp³-hybridized carbons (Fsp3) is 0.0769. The Bertz CT molecular complexity index is 487. The lowest BCUT2D eigenvalue weighted by Crippen LogP contribution is -1.78. The molecule has 0 radical (unpaired) electrons. The molecule has 0 aliphatic carbocycles. The quantitative estimate of drug-likeness (QED) is 0.529. The van der Waals surface area contributed by atoms with Gasteiger partial charge in [-0.1, -0.05) is 30.0 Å². The van der Waals surface area contributed by atoms with Crippen LogP contribution in [0.5, 0.6) is 0 Å². The zero-order valence-corrected chi connectivity index (χ0v) is 9.99. The Balaban J connectivity index is 2.31. The number of thioether (sulfide) groups is 1. The van der Waals surface area contributed by atoms with E-state index in [0.717, 1.165) is 10.4 Å². The molecule has 0 aliphatic heterocycles. The first kappa shape index (κ1) is 10.4. The molecule has 15 heavy (non-hydrogen) atoms. The highest BCUT2D eigenvalue weighted by Crippen LogP contribution is 2.18. The Morgan fingerprint density at radius 2 is 1.93 bits per heavy atom. The van der Waals surface area contributed by atoms with Gasteiger partial charge in [-0.15, -0.1) is 23.1 Å². The van der Waals surface area contributed by atoms with Crippen molar-refractivity contribution in [1.82, 2.24) is 0 Å². The molecule has 1 heterocycles. The molecule has 0 saturated heterocycles. The van der Waals surface area contributed by atoms with Gasteiger partial charge >= 0.3 is 0 Å². The molecule has 1 aromatic heterocycles. The van der Waals surface area contributed by atoms with E-state index in [1.807, 2.05) is 29.6 Å². The van der Waals surface area contributed by atoms with Crippen molar-refractivity contribution < 1.29 is 0 Å². The largest absolute Gasteiger partial charge is 0.135 e. The lowest BCUT2D eigenvalue weighted by atomic mass is 10.2. The second-order valence-electron chi connectivity index (χ2n) is 2.93. The van der Waals surface area contributed by atoms with Gasteiger partial charge in [-0.25, -0.2) is 0 Å². The summed E-state index contributed by atoms with van der Waals surface area (Å²) in [5.74, 6) is 6.38. The van der Waals surface area contributed by atoms with E-state index in [4.69, 9.17) is 0 Å². The van der Waals surface area contributed by atoms with Gasteiger partial charge < -0.3 is 0 Å². The van der Waals surface area contributed by atoms with E-state index < -0.39 is 0 Å². The summed E-state index contributed by atoms with van der Waals surface area (Å²) in [6, 6.07) is 12.3. The minimum Gasteiger partial charge on any atom is -0.135 e. The summed E-state index contributed by atoms with van der Waals surface area (Å²) in [4.78, 5) is 2.35. The lowest BCUT2D eigenvalue weighted by molar-refractivity contribution is 1.42. The van der Waals surface area contributed by atoms with Gasteiger partial charge in [-0.05, 0) is 29.8 Å². The minimum absolute atomic E-state index is 1.11. The van der Waals surface area contributed by atoms with Crippen molar-refractivity contribution in [3.63, 3.8) is 0 Å². The maximum Gasteiger partial charge on any atom is 0.0772 e. The molecule has 0 nitrogen and oxygen atoms in total. The van der Waals surface area contributed by atoms with Crippen molar-refractivity contribution in [2.75, 3.05) is 6.26 Å². The van der Waals surface area contributed by atoms with Crippen LogP contribution < -0.4 is 0 Å². The number of benzene rings is 1. The van der Waals surface area contributed by atoms with Gasteiger partial charge in [0.25, 0.3) is 0 Å². The van der Waals surface area contributed by atoms with Crippen molar-refractivity contribution in [1.29, 1.82) is 0 Å². The molecule has 2 heteroatoms. The van der Waals surface area contributed by atoms with Crippen molar-refractivity contribution in [3.05, 3.63) is 52.2 Å². The van der Waals surface area contributed by atoms with E-state index >= 15 is 0 Å². The Labute approximate surface area is 98.3 Å². The molecule has 0 N–H and O–H groups in total. The fourth-order valence-corrected chi connectivity index (χ4v) is 2.35. The summed E-state index contributed by atoms with van der Waals surface area (Å²) in [7, 11) is 0. The first-order valence-electron chi connectivity index (χ1n) is 4.58. The van der Waals surface area contributed by atoms with Crippen LogP contribution in [0.3, 0.4) is 0 Å². The first-order valence-corrected chi connectivity index (χ1v) is 6.69. The molecule has 0 atom stereocenters. The predicted octanol–water partition coefficient (Wildman–Crippen LogP) is 3.87. The molecule has 2 rings (SSSR count). The van der Waals surface area contributed by atoms with Crippen LogP contribution in [0.4, 0.5) is 0 Å². The van der Waals surface area contributed by atoms with Crippen LogP contribution in [-0.2, 0) is 0 Å². The van der Waals surface area contributed by atoms with E-state index in [2.05, 4.69) is 30.2 Å². The maximum atomic E-state index is 3.21. The first-order chi connectivity index (χ1) is 7.40. The topological polar surface area (TPSA) is 0 Å². The van der Waals surface area contributed by atoms with E-state index in [9.17, 15) is 0 Å². The number of thiophene rings is 1. The summed E-state index contributed by atoms with van der Waals surface area (Å²) >= 11 is 3.41. The van der Waals surface area contributed by atoms with Crippen LogP contribution in [0.1, 0.15) is 10.4 Å². The summed E-state index contributed by atoms with van der Waals surface area (Å²) in [5, 5.41) is 2.05. The van der Waals surface area contributed by atoms with E-state index in [0.29, 0.717) is 0 Å². The Morgan fingerprint density at radius 3 is 2.67 bits per heavy atom. The zero-order chi connectivity index (χ0) is 10.5. The summed E-state index contributed by atoms with van der Waals surface area (Å²) in [6.07, 6.45) is 2.08. The van der Waals surface area contributed by atoms with Crippen LogP contribution >= 0.6 is 23.1 Å². The monoisotopic (exact) mass is 230 g/mol. The Hall–Kier alpha value is -1.17. The zero-order valence-electron chi connectivity index (χ0n) is 8.36. The second kappa shape index (κ2) is 5.06. The normalized spacial score (nSPS) is 9.40. The molecule has 1 aromatic carbocycles. The third-order valence-electron chi connectivity index (χ3n) is 1.95. The average Bonchev–Trinajstić information content (AvgIpc) is 2.79. The van der Waals surface area contributed by atoms with Crippen LogP contribution in [0, 0.1) is 11.8 Å². The molecule has 0 saturated carbocycles. The predicted molar refractivity (Wildman–Crippen MR) is 68.5 cm³/mol. The summed E-state index contributed by atoms with van der Waals surface area (Å²) in [6.45, 7) is 0. The minimum atomic E-state index is 1.11. The number of rotatable bonds is 1. The smallest absolute Gasteiger partial charge is 0.0772 e. The molecule has 0 amide bonds. The highest BCUT2D eigenvalue weighted by atomic mass is 32.2. The molecule has 0 unspecified atom stereocenters. The van der Waals surface area contributed by atoms with Crippen LogP contribution in [-0.4, -0.2) is 6.26 Å². The highest BCUT2D eigenvalue weighted by molar-refractivity contribution is 7.98. The van der Waals surface area contributed by atoms with Crippen molar-refractivity contribution in [3.8, 4) is 11.8 Å². The van der Waals surface area contributed by atoms with Crippen molar-refractivity contribution in [2.45, 2.75) is 4.90 Å². The summed E-state index contributed by atoms with van der Waals surface area (Å²) in [5.41, 5.74) is 1.11. The molecule has 0 aliphatic rings. The third kappa shape index (κ3) is 2.65. The molecular weight excluding hydrogens is 220 g/mol. The Morgan fingerprint density at radius 1 is 1.07 bits per heavy atom. The molecule has 0 bridgehead atoms. The van der Waals surface area contributed by atoms with Gasteiger partial charge in [0.05, 0.1) is 4.88 Å². The molecular formula is C13H10S2. The van der Waals surface area contributed by atoms with E-state index in [1.54, 1.807) is 23.1 Å². The van der Waals surface area contributed by atoms with Gasteiger partial charge in [0.15, 0.2) is 0 Å². The van der Waals surface area contributed by atoms with Gasteiger partial charge in [-0.2, -0.15) is 0 Å². The molecule has 0 fully saturated rings. The van der Waals surface area contributed by atoms with Crippen LogP contribution in [0.25, 0.3) is 0 Å². The SMILES string of the molecule is CSc1ccccc1C#Cc1cccs1. The van der Waals surface area contributed by atoms with Gasteiger partial charge in [-0.3, -0.25) is 0 Å². The van der Waals surface area contributed by atoms with Crippen LogP contribution in [0.2, 0.25) is 0 Å². The summed E-state index contributed by atoms with van der Waals surface area (Å²) < 4.78 is 0. The second-order valence-corrected chi connectivity index (χ2v) is 4.72. The fourth-order valence-electron chi connectivity index (χ4n) is 1.23. The average molecular weight is 230 g/mol. The van der Waals surface area contributed by atoms with Gasteiger partial charge in [0.1, 0.15) is 0 Å². The lowest BCUT2D eigenvalue weighted by Gasteiger charge is -1.97. The van der Waals surface area contributed by atoms with E-state index in [-0.39, 0.29) is 0 Å². The molecule has 0 spiro atoms. The third-order valence-corrected chi connectivity index (χ3v) is 3.53. The van der Waals surface area contributed by atoms with Crippen molar-refractivity contribution >= 4 is 23.1 Å². The molecule has 74 valence electrons. The number of hydrogen-bond acceptors (Lipinski definition) is 2. The highest BCUT2D eigenvalue weighted by Gasteiger charge is 1.95.